The normalized spacial score (nSPS) is 15.2. The van der Waals surface area contributed by atoms with Gasteiger partial charge in [0.25, 0.3) is 0 Å². The second kappa shape index (κ2) is 12.7. The number of allylic oxidation sites excluding steroid dienone is 1. The Labute approximate surface area is 220 Å². The van der Waals surface area contributed by atoms with Gasteiger partial charge in [0, 0.05) is 11.3 Å². The summed E-state index contributed by atoms with van der Waals surface area (Å²) in [4.78, 5) is 4.62. The molecule has 2 aliphatic rings. The summed E-state index contributed by atoms with van der Waals surface area (Å²) in [6.45, 7) is 10.1. The van der Waals surface area contributed by atoms with Crippen LogP contribution in [0.3, 0.4) is 0 Å². The van der Waals surface area contributed by atoms with E-state index in [4.69, 9.17) is 5.73 Å². The highest BCUT2D eigenvalue weighted by Gasteiger charge is 2.25. The predicted octanol–water partition coefficient (Wildman–Crippen LogP) is 8.39. The van der Waals surface area contributed by atoms with Gasteiger partial charge in [0.05, 0.1) is 12.3 Å². The second-order valence-corrected chi connectivity index (χ2v) is 11.7. The number of hydrogen-bond acceptors (Lipinski definition) is 2. The van der Waals surface area contributed by atoms with Crippen molar-refractivity contribution in [1.82, 2.24) is 0 Å². The zero-order chi connectivity index (χ0) is 25.5. The van der Waals surface area contributed by atoms with E-state index in [9.17, 15) is 0 Å². The molecule has 0 unspecified atom stereocenters. The van der Waals surface area contributed by atoms with E-state index in [2.05, 4.69) is 69.1 Å². The van der Waals surface area contributed by atoms with Crippen molar-refractivity contribution >= 4 is 11.4 Å². The van der Waals surface area contributed by atoms with Crippen molar-refractivity contribution in [2.45, 2.75) is 105 Å². The van der Waals surface area contributed by atoms with Crippen molar-refractivity contribution in [2.75, 3.05) is 12.3 Å². The highest BCUT2D eigenvalue weighted by atomic mass is 14.8. The van der Waals surface area contributed by atoms with Crippen molar-refractivity contribution < 1.29 is 0 Å². The van der Waals surface area contributed by atoms with E-state index in [0.717, 1.165) is 48.2 Å². The third kappa shape index (κ3) is 6.90. The van der Waals surface area contributed by atoms with E-state index in [1.807, 2.05) is 0 Å². The van der Waals surface area contributed by atoms with Crippen molar-refractivity contribution in [3.05, 3.63) is 75.4 Å². The Bertz CT molecular complexity index is 1080. The highest BCUT2D eigenvalue weighted by Crippen LogP contribution is 2.37. The zero-order valence-electron chi connectivity index (χ0n) is 23.3. The maximum atomic E-state index is 6.74. The Kier molecular flexibility index (Phi) is 9.46. The summed E-state index contributed by atoms with van der Waals surface area (Å²) in [5.41, 5.74) is 19.2. The predicted molar refractivity (Wildman–Crippen MR) is 157 cm³/mol. The summed E-state index contributed by atoms with van der Waals surface area (Å²) >= 11 is 0. The largest absolute Gasteiger partial charge is 0.398 e. The first-order valence-electron chi connectivity index (χ1n) is 14.7. The quantitative estimate of drug-likeness (QED) is 0.212. The molecule has 1 saturated carbocycles. The number of unbranched alkanes of at least 4 members (excludes halogenated alkanes) is 2. The zero-order valence-corrected chi connectivity index (χ0v) is 23.3. The van der Waals surface area contributed by atoms with Crippen molar-refractivity contribution in [3.63, 3.8) is 0 Å². The summed E-state index contributed by atoms with van der Waals surface area (Å²) in [7, 11) is 0. The van der Waals surface area contributed by atoms with E-state index in [1.54, 1.807) is 22.3 Å². The molecule has 0 radical (unpaired) electrons. The third-order valence-corrected chi connectivity index (χ3v) is 8.25. The summed E-state index contributed by atoms with van der Waals surface area (Å²) in [6, 6.07) is 9.43. The molecule has 2 aromatic rings. The SMILES string of the molecule is CCCc1c(CCCCCc2ccc(C3=NCC=C3)c(N)c2CC2CC2)ccc(CCC(C)C)c1C. The molecule has 2 nitrogen and oxygen atoms in total. The molecule has 36 heavy (non-hydrogen) atoms. The molecule has 1 aliphatic carbocycles. The van der Waals surface area contributed by atoms with Gasteiger partial charge in [0.15, 0.2) is 0 Å². The lowest BCUT2D eigenvalue weighted by Gasteiger charge is -2.17. The lowest BCUT2D eigenvalue weighted by molar-refractivity contribution is 0.585. The van der Waals surface area contributed by atoms with Gasteiger partial charge in [-0.1, -0.05) is 64.0 Å². The molecule has 4 rings (SSSR count). The fourth-order valence-corrected chi connectivity index (χ4v) is 5.78. The molecule has 0 spiro atoms. The molecule has 0 aromatic heterocycles. The summed E-state index contributed by atoms with van der Waals surface area (Å²) in [5, 5.41) is 0. The minimum atomic E-state index is 0.767. The van der Waals surface area contributed by atoms with Gasteiger partial charge in [-0.25, -0.2) is 0 Å². The van der Waals surface area contributed by atoms with Crippen LogP contribution in [0.4, 0.5) is 5.69 Å². The molecule has 2 heteroatoms. The fraction of sp³-hybridized carbons (Fsp3) is 0.559. The Morgan fingerprint density at radius 1 is 0.889 bits per heavy atom. The van der Waals surface area contributed by atoms with Crippen LogP contribution >= 0.6 is 0 Å². The molecular formula is C34H48N2. The van der Waals surface area contributed by atoms with Crippen LogP contribution in [0, 0.1) is 18.8 Å². The van der Waals surface area contributed by atoms with Gasteiger partial charge in [0.1, 0.15) is 0 Å². The molecule has 1 fully saturated rings. The molecule has 1 heterocycles. The molecule has 0 amide bonds. The van der Waals surface area contributed by atoms with E-state index >= 15 is 0 Å². The van der Waals surface area contributed by atoms with Crippen LogP contribution in [0.5, 0.6) is 0 Å². The molecule has 2 aromatic carbocycles. The van der Waals surface area contributed by atoms with Gasteiger partial charge in [-0.05, 0) is 122 Å². The number of aliphatic imine (C=N–C) groups is 1. The van der Waals surface area contributed by atoms with Crippen molar-refractivity contribution in [2.24, 2.45) is 16.8 Å². The van der Waals surface area contributed by atoms with Crippen molar-refractivity contribution in [1.29, 1.82) is 0 Å². The van der Waals surface area contributed by atoms with Crippen LogP contribution in [0.1, 0.15) is 105 Å². The molecular weight excluding hydrogens is 436 g/mol. The number of nitrogens with zero attached hydrogens (tertiary/aromatic N) is 1. The number of rotatable bonds is 14. The maximum Gasteiger partial charge on any atom is 0.0668 e. The highest BCUT2D eigenvalue weighted by molar-refractivity contribution is 6.13. The van der Waals surface area contributed by atoms with Crippen molar-refractivity contribution in [3.8, 4) is 0 Å². The van der Waals surface area contributed by atoms with Crippen LogP contribution in [-0.2, 0) is 32.1 Å². The van der Waals surface area contributed by atoms with Crippen LogP contribution in [0.25, 0.3) is 0 Å². The molecule has 0 atom stereocenters. The third-order valence-electron chi connectivity index (χ3n) is 8.25. The van der Waals surface area contributed by atoms with E-state index < -0.39 is 0 Å². The minimum Gasteiger partial charge on any atom is -0.398 e. The van der Waals surface area contributed by atoms with E-state index in [1.165, 1.54) is 75.3 Å². The number of nitrogen functional groups attached to an aromatic ring is 1. The van der Waals surface area contributed by atoms with Gasteiger partial charge in [-0.2, -0.15) is 0 Å². The summed E-state index contributed by atoms with van der Waals surface area (Å²) in [5.74, 6) is 1.61. The average Bonchev–Trinajstić information content (AvgIpc) is 3.52. The summed E-state index contributed by atoms with van der Waals surface area (Å²) in [6.07, 6.45) is 19.2. The molecule has 194 valence electrons. The Balaban J connectivity index is 1.36. The number of nitrogens with two attached hydrogens (primary N) is 1. The van der Waals surface area contributed by atoms with E-state index in [-0.39, 0.29) is 0 Å². The number of anilines is 1. The Hall–Kier alpha value is -2.35. The van der Waals surface area contributed by atoms with Crippen LogP contribution in [-0.4, -0.2) is 12.3 Å². The second-order valence-electron chi connectivity index (χ2n) is 11.7. The Morgan fingerprint density at radius 2 is 1.58 bits per heavy atom. The molecule has 0 saturated heterocycles. The lowest BCUT2D eigenvalue weighted by Crippen LogP contribution is -2.08. The Morgan fingerprint density at radius 3 is 2.22 bits per heavy atom. The van der Waals surface area contributed by atoms with Crippen LogP contribution < -0.4 is 5.73 Å². The first-order chi connectivity index (χ1) is 17.5. The van der Waals surface area contributed by atoms with Crippen LogP contribution in [0.2, 0.25) is 0 Å². The standard InChI is InChI=1S/C34H48N2/c1-5-10-30-25(4)27(17-14-24(2)3)18-19-28(30)11-7-6-8-12-29-20-21-31(33-13-9-22-36-33)34(35)32(29)23-26-15-16-26/h9,13,18-21,24,26H,5-8,10-12,14-17,22-23,35H2,1-4H3. The van der Waals surface area contributed by atoms with Gasteiger partial charge < -0.3 is 5.73 Å². The topological polar surface area (TPSA) is 38.4 Å². The van der Waals surface area contributed by atoms with Gasteiger partial charge >= 0.3 is 0 Å². The first kappa shape index (κ1) is 26.7. The maximum absolute atomic E-state index is 6.74. The summed E-state index contributed by atoms with van der Waals surface area (Å²) < 4.78 is 0. The molecule has 1 aliphatic heterocycles. The molecule has 0 bridgehead atoms. The number of aryl methyl sites for hydroxylation is 3. The van der Waals surface area contributed by atoms with Gasteiger partial charge in [-0.15, -0.1) is 0 Å². The fourth-order valence-electron chi connectivity index (χ4n) is 5.78. The number of benzene rings is 2. The van der Waals surface area contributed by atoms with Gasteiger partial charge in [0.2, 0.25) is 0 Å². The van der Waals surface area contributed by atoms with E-state index in [0.29, 0.717) is 0 Å². The van der Waals surface area contributed by atoms with Crippen LogP contribution in [0.15, 0.2) is 41.4 Å². The smallest absolute Gasteiger partial charge is 0.0668 e. The average molecular weight is 485 g/mol. The first-order valence-corrected chi connectivity index (χ1v) is 14.7. The lowest BCUT2D eigenvalue weighted by atomic mass is 9.88. The minimum absolute atomic E-state index is 0.767. The van der Waals surface area contributed by atoms with Gasteiger partial charge in [-0.3, -0.25) is 4.99 Å². The number of hydrogen-bond donors (Lipinski definition) is 1. The monoisotopic (exact) mass is 484 g/mol. The molecule has 2 N–H and O–H groups in total.